The van der Waals surface area contributed by atoms with Gasteiger partial charge in [-0.2, -0.15) is 0 Å². The number of rotatable bonds is 1. The maximum atomic E-state index is 9.52. The Kier molecular flexibility index (Phi) is 2.58. The van der Waals surface area contributed by atoms with Gasteiger partial charge in [-0.1, -0.05) is 12.2 Å². The van der Waals surface area contributed by atoms with E-state index in [1.807, 2.05) is 19.2 Å². The quantitative estimate of drug-likeness (QED) is 0.455. The van der Waals surface area contributed by atoms with E-state index in [-0.39, 0.29) is 11.5 Å². The summed E-state index contributed by atoms with van der Waals surface area (Å²) in [5.41, 5.74) is 4.70. The van der Waals surface area contributed by atoms with Crippen molar-refractivity contribution in [2.45, 2.75) is 6.92 Å². The molecule has 19 heavy (non-hydrogen) atoms. The van der Waals surface area contributed by atoms with Gasteiger partial charge in [0.15, 0.2) is 11.5 Å². The lowest BCUT2D eigenvalue weighted by molar-refractivity contribution is 0.394. The average Bonchev–Trinajstić information content (AvgIpc) is 2.76. The molecule has 3 rings (SSSR count). The molecule has 0 aliphatic carbocycles. The molecule has 1 aromatic carbocycles. The SMILES string of the molecule is CC1=CC(=S)N2NN(c3ccc(O)c(O)c3)C=C2N1. The molecule has 0 spiro atoms. The predicted molar refractivity (Wildman–Crippen MR) is 74.8 cm³/mol. The molecule has 0 saturated carbocycles. The molecule has 98 valence electrons. The standard InChI is InChI=1S/C12H12N4O2S/c1-7-4-12(19)16-11(13-7)6-15(14-16)8-2-3-9(17)10(18)5-8/h2-6,13-14,17-18H,1H3. The molecule has 0 radical (unpaired) electrons. The van der Waals surface area contributed by atoms with Crippen molar-refractivity contribution >= 4 is 22.9 Å². The summed E-state index contributed by atoms with van der Waals surface area (Å²) >= 11 is 5.26. The van der Waals surface area contributed by atoms with Crippen LogP contribution in [0.5, 0.6) is 11.5 Å². The van der Waals surface area contributed by atoms with Crippen molar-refractivity contribution in [2.24, 2.45) is 0 Å². The summed E-state index contributed by atoms with van der Waals surface area (Å²) in [6.45, 7) is 1.93. The number of nitrogens with one attached hydrogen (secondary N) is 2. The normalized spacial score (nSPS) is 17.8. The third kappa shape index (κ3) is 1.98. The Morgan fingerprint density at radius 3 is 2.74 bits per heavy atom. The Bertz CT molecular complexity index is 626. The average molecular weight is 276 g/mol. The summed E-state index contributed by atoms with van der Waals surface area (Å²) in [6.07, 6.45) is 3.66. The maximum absolute atomic E-state index is 9.52. The number of thiocarbonyl (C=S) groups is 1. The molecule has 2 aliphatic rings. The molecule has 0 bridgehead atoms. The Morgan fingerprint density at radius 2 is 2.00 bits per heavy atom. The molecule has 2 aliphatic heterocycles. The number of fused-ring (bicyclic) bond motifs is 1. The van der Waals surface area contributed by atoms with Crippen LogP contribution in [0.4, 0.5) is 5.69 Å². The lowest BCUT2D eigenvalue weighted by atomic mass is 10.3. The number of anilines is 1. The monoisotopic (exact) mass is 276 g/mol. The highest BCUT2D eigenvalue weighted by Gasteiger charge is 2.27. The van der Waals surface area contributed by atoms with Crippen LogP contribution in [0.15, 0.2) is 42.0 Å². The second-order valence-electron chi connectivity index (χ2n) is 4.28. The van der Waals surface area contributed by atoms with Crippen LogP contribution in [-0.4, -0.2) is 20.2 Å². The highest BCUT2D eigenvalue weighted by atomic mass is 32.1. The van der Waals surface area contributed by atoms with Crippen LogP contribution in [0.25, 0.3) is 0 Å². The van der Waals surface area contributed by atoms with Gasteiger partial charge in [0.1, 0.15) is 10.8 Å². The van der Waals surface area contributed by atoms with Crippen LogP contribution in [-0.2, 0) is 0 Å². The van der Waals surface area contributed by atoms with Gasteiger partial charge in [0.25, 0.3) is 0 Å². The van der Waals surface area contributed by atoms with E-state index in [9.17, 15) is 10.2 Å². The van der Waals surface area contributed by atoms with Crippen molar-refractivity contribution in [1.29, 1.82) is 0 Å². The van der Waals surface area contributed by atoms with Crippen LogP contribution < -0.4 is 15.9 Å². The molecule has 0 saturated heterocycles. The fourth-order valence-corrected chi connectivity index (χ4v) is 2.22. The first-order valence-corrected chi connectivity index (χ1v) is 6.04. The molecule has 0 atom stereocenters. The van der Waals surface area contributed by atoms with Crippen LogP contribution in [0.1, 0.15) is 6.92 Å². The van der Waals surface area contributed by atoms with E-state index in [1.54, 1.807) is 16.1 Å². The smallest absolute Gasteiger partial charge is 0.159 e. The Hall–Kier alpha value is -2.25. The lowest BCUT2D eigenvalue weighted by Gasteiger charge is -2.27. The van der Waals surface area contributed by atoms with Gasteiger partial charge in [0.2, 0.25) is 0 Å². The van der Waals surface area contributed by atoms with Crippen molar-refractivity contribution in [3.05, 3.63) is 42.0 Å². The van der Waals surface area contributed by atoms with Crippen molar-refractivity contribution in [1.82, 2.24) is 15.9 Å². The molecule has 1 aromatic rings. The van der Waals surface area contributed by atoms with E-state index in [2.05, 4.69) is 10.9 Å². The van der Waals surface area contributed by atoms with Gasteiger partial charge in [-0.3, -0.25) is 5.01 Å². The molecular formula is C12H12N4O2S. The van der Waals surface area contributed by atoms with Crippen molar-refractivity contribution in [3.63, 3.8) is 0 Å². The lowest BCUT2D eigenvalue weighted by Crippen LogP contribution is -2.47. The van der Waals surface area contributed by atoms with Gasteiger partial charge < -0.3 is 15.5 Å². The van der Waals surface area contributed by atoms with Crippen molar-refractivity contribution < 1.29 is 10.2 Å². The number of nitrogens with zero attached hydrogens (tertiary/aromatic N) is 2. The van der Waals surface area contributed by atoms with Gasteiger partial charge in [-0.15, -0.1) is 5.53 Å². The van der Waals surface area contributed by atoms with Gasteiger partial charge in [-0.25, -0.2) is 5.01 Å². The zero-order valence-corrected chi connectivity index (χ0v) is 10.9. The van der Waals surface area contributed by atoms with Crippen LogP contribution in [0.2, 0.25) is 0 Å². The second-order valence-corrected chi connectivity index (χ2v) is 4.70. The number of phenols is 2. The summed E-state index contributed by atoms with van der Waals surface area (Å²) in [4.78, 5) is 0.646. The number of hydrogen-bond acceptors (Lipinski definition) is 6. The first-order chi connectivity index (χ1) is 9.04. The summed E-state index contributed by atoms with van der Waals surface area (Å²) in [6, 6.07) is 4.57. The Morgan fingerprint density at radius 1 is 1.21 bits per heavy atom. The molecule has 2 heterocycles. The number of aromatic hydroxyl groups is 2. The number of hydrogen-bond donors (Lipinski definition) is 4. The zero-order chi connectivity index (χ0) is 13.6. The van der Waals surface area contributed by atoms with E-state index in [0.717, 1.165) is 11.5 Å². The number of phenolic OH excluding ortho intramolecular Hbond substituents is 2. The highest BCUT2D eigenvalue weighted by molar-refractivity contribution is 7.80. The third-order valence-electron chi connectivity index (χ3n) is 2.82. The summed E-state index contributed by atoms with van der Waals surface area (Å²) < 4.78 is 0. The van der Waals surface area contributed by atoms with Crippen molar-refractivity contribution in [2.75, 3.05) is 5.01 Å². The third-order valence-corrected chi connectivity index (χ3v) is 3.12. The van der Waals surface area contributed by atoms with Crippen LogP contribution >= 0.6 is 12.2 Å². The van der Waals surface area contributed by atoms with E-state index in [1.165, 1.54) is 12.1 Å². The minimum atomic E-state index is -0.174. The summed E-state index contributed by atoms with van der Waals surface area (Å²) in [7, 11) is 0. The molecule has 7 heteroatoms. The Balaban J connectivity index is 1.90. The molecule has 4 N–H and O–H groups in total. The molecule has 6 nitrogen and oxygen atoms in total. The number of hydrazine groups is 2. The molecule has 0 aromatic heterocycles. The van der Waals surface area contributed by atoms with Gasteiger partial charge in [0.05, 0.1) is 11.9 Å². The van der Waals surface area contributed by atoms with E-state index in [4.69, 9.17) is 12.2 Å². The Labute approximate surface area is 115 Å². The van der Waals surface area contributed by atoms with Crippen LogP contribution in [0, 0.1) is 0 Å². The van der Waals surface area contributed by atoms with Gasteiger partial charge in [0, 0.05) is 11.8 Å². The van der Waals surface area contributed by atoms with E-state index in [0.29, 0.717) is 10.7 Å². The predicted octanol–water partition coefficient (Wildman–Crippen LogP) is 1.27. The highest BCUT2D eigenvalue weighted by Crippen LogP contribution is 2.30. The minimum Gasteiger partial charge on any atom is -0.504 e. The second kappa shape index (κ2) is 4.15. The topological polar surface area (TPSA) is 71.0 Å². The fraction of sp³-hybridized carbons (Fsp3) is 0.0833. The molecular weight excluding hydrogens is 264 g/mol. The van der Waals surface area contributed by atoms with Crippen LogP contribution in [0.3, 0.4) is 0 Å². The van der Waals surface area contributed by atoms with Crippen molar-refractivity contribution in [3.8, 4) is 11.5 Å². The zero-order valence-electron chi connectivity index (χ0n) is 10.1. The molecule has 0 amide bonds. The van der Waals surface area contributed by atoms with Gasteiger partial charge in [-0.05, 0) is 25.1 Å². The van der Waals surface area contributed by atoms with E-state index < -0.39 is 0 Å². The number of allylic oxidation sites excluding steroid dienone is 1. The fourth-order valence-electron chi connectivity index (χ4n) is 1.91. The van der Waals surface area contributed by atoms with E-state index >= 15 is 0 Å². The first kappa shape index (κ1) is 11.8. The minimum absolute atomic E-state index is 0.153. The van der Waals surface area contributed by atoms with Gasteiger partial charge >= 0.3 is 0 Å². The maximum Gasteiger partial charge on any atom is 0.159 e. The largest absolute Gasteiger partial charge is 0.504 e. The first-order valence-electron chi connectivity index (χ1n) is 5.63. The summed E-state index contributed by atoms with van der Waals surface area (Å²) in [5.74, 6) is 0.476. The summed E-state index contributed by atoms with van der Waals surface area (Å²) in [5, 5.41) is 25.4. The molecule has 0 fully saturated rings. The number of benzene rings is 1. The molecule has 0 unspecified atom stereocenters.